The van der Waals surface area contributed by atoms with E-state index >= 15 is 0 Å². The molecule has 0 aliphatic carbocycles. The Bertz CT molecular complexity index is 551. The summed E-state index contributed by atoms with van der Waals surface area (Å²) in [6.45, 7) is 1.99. The largest absolute Gasteiger partial charge is 0.334 e. The molecule has 6 heteroatoms. The van der Waals surface area contributed by atoms with Crippen molar-refractivity contribution in [3.05, 3.63) is 30.1 Å². The molecule has 0 saturated carbocycles. The van der Waals surface area contributed by atoms with Crippen LogP contribution < -0.4 is 10.6 Å². The molecule has 0 radical (unpaired) electrons. The van der Waals surface area contributed by atoms with Gasteiger partial charge in [-0.3, -0.25) is 4.79 Å². The molecule has 0 atom stereocenters. The van der Waals surface area contributed by atoms with Gasteiger partial charge in [0.25, 0.3) is 5.89 Å². The molecule has 0 unspecified atom stereocenters. The summed E-state index contributed by atoms with van der Waals surface area (Å²) in [5.74, 6) is 0.829. The van der Waals surface area contributed by atoms with Gasteiger partial charge in [0.05, 0.1) is 17.8 Å². The first kappa shape index (κ1) is 12.3. The van der Waals surface area contributed by atoms with Crippen molar-refractivity contribution < 1.29 is 9.32 Å². The minimum absolute atomic E-state index is 0.124. The number of amides is 1. The predicted molar refractivity (Wildman–Crippen MR) is 67.0 cm³/mol. The van der Waals surface area contributed by atoms with Crippen LogP contribution in [0.25, 0.3) is 11.5 Å². The van der Waals surface area contributed by atoms with Crippen molar-refractivity contribution in [3.8, 4) is 11.5 Å². The van der Waals surface area contributed by atoms with E-state index in [4.69, 9.17) is 4.52 Å². The highest BCUT2D eigenvalue weighted by atomic mass is 16.5. The quantitative estimate of drug-likeness (QED) is 0.847. The third kappa shape index (κ3) is 2.72. The van der Waals surface area contributed by atoms with Gasteiger partial charge in [0.2, 0.25) is 5.91 Å². The standard InChI is InChI=1S/C12H14N4O2/c1-8-14-12(18-16-8)9-5-3-4-6-10(9)15-11(17)7-13-2/h3-6,13H,7H2,1-2H3,(H,15,17). The summed E-state index contributed by atoms with van der Waals surface area (Å²) in [7, 11) is 1.72. The van der Waals surface area contributed by atoms with Crippen LogP contribution in [0.4, 0.5) is 5.69 Å². The second-order valence-corrected chi connectivity index (χ2v) is 3.77. The number of carbonyl (C=O) groups is 1. The summed E-state index contributed by atoms with van der Waals surface area (Å²) in [6, 6.07) is 7.30. The number of aryl methyl sites for hydroxylation is 1. The minimum Gasteiger partial charge on any atom is -0.334 e. The van der Waals surface area contributed by atoms with Gasteiger partial charge < -0.3 is 15.2 Å². The average Bonchev–Trinajstić information content (AvgIpc) is 2.77. The highest BCUT2D eigenvalue weighted by Crippen LogP contribution is 2.26. The smallest absolute Gasteiger partial charge is 0.260 e. The first-order chi connectivity index (χ1) is 8.70. The third-order valence-corrected chi connectivity index (χ3v) is 2.30. The molecule has 0 saturated heterocycles. The molecule has 0 aliphatic heterocycles. The van der Waals surface area contributed by atoms with Crippen LogP contribution in [0.15, 0.2) is 28.8 Å². The zero-order valence-corrected chi connectivity index (χ0v) is 10.2. The number of nitrogens with zero attached hydrogens (tertiary/aromatic N) is 2. The number of carbonyl (C=O) groups excluding carboxylic acids is 1. The van der Waals surface area contributed by atoms with E-state index in [1.807, 2.05) is 18.2 Å². The number of para-hydroxylation sites is 1. The number of benzene rings is 1. The maximum atomic E-state index is 11.6. The van der Waals surface area contributed by atoms with Crippen molar-refractivity contribution in [2.75, 3.05) is 18.9 Å². The summed E-state index contributed by atoms with van der Waals surface area (Å²) in [4.78, 5) is 15.7. The Kier molecular flexibility index (Phi) is 3.69. The molecular weight excluding hydrogens is 232 g/mol. The molecule has 2 N–H and O–H groups in total. The number of likely N-dealkylation sites (N-methyl/N-ethyl adjacent to an activating group) is 1. The lowest BCUT2D eigenvalue weighted by Gasteiger charge is -2.07. The minimum atomic E-state index is -0.124. The molecule has 1 amide bonds. The molecular formula is C12H14N4O2. The Morgan fingerprint density at radius 2 is 2.17 bits per heavy atom. The molecule has 1 aromatic heterocycles. The summed E-state index contributed by atoms with van der Waals surface area (Å²) < 4.78 is 5.10. The Hall–Kier alpha value is -2.21. The van der Waals surface area contributed by atoms with Gasteiger partial charge in [0, 0.05) is 0 Å². The van der Waals surface area contributed by atoms with E-state index in [9.17, 15) is 4.79 Å². The van der Waals surface area contributed by atoms with E-state index in [0.29, 0.717) is 23.0 Å². The van der Waals surface area contributed by atoms with Gasteiger partial charge in [-0.25, -0.2) is 0 Å². The fourth-order valence-electron chi connectivity index (χ4n) is 1.54. The highest BCUT2D eigenvalue weighted by molar-refractivity contribution is 5.95. The Labute approximate surface area is 104 Å². The van der Waals surface area contributed by atoms with E-state index in [1.165, 1.54) is 0 Å². The van der Waals surface area contributed by atoms with Crippen molar-refractivity contribution in [2.24, 2.45) is 0 Å². The van der Waals surface area contributed by atoms with E-state index in [2.05, 4.69) is 20.8 Å². The molecule has 18 heavy (non-hydrogen) atoms. The third-order valence-electron chi connectivity index (χ3n) is 2.30. The van der Waals surface area contributed by atoms with Crippen LogP contribution in [0.2, 0.25) is 0 Å². The number of hydrogen-bond acceptors (Lipinski definition) is 5. The summed E-state index contributed by atoms with van der Waals surface area (Å²) in [6.07, 6.45) is 0. The summed E-state index contributed by atoms with van der Waals surface area (Å²) in [5, 5.41) is 9.32. The number of hydrogen-bond donors (Lipinski definition) is 2. The Morgan fingerprint density at radius 1 is 1.39 bits per heavy atom. The number of rotatable bonds is 4. The molecule has 0 aliphatic rings. The van der Waals surface area contributed by atoms with Crippen LogP contribution >= 0.6 is 0 Å². The van der Waals surface area contributed by atoms with Crippen molar-refractivity contribution in [1.82, 2.24) is 15.5 Å². The van der Waals surface area contributed by atoms with Crippen LogP contribution in [0.1, 0.15) is 5.82 Å². The molecule has 94 valence electrons. The number of anilines is 1. The Morgan fingerprint density at radius 3 is 2.83 bits per heavy atom. The van der Waals surface area contributed by atoms with Crippen LogP contribution in [0.3, 0.4) is 0 Å². The van der Waals surface area contributed by atoms with Gasteiger partial charge in [-0.15, -0.1) is 0 Å². The van der Waals surface area contributed by atoms with Gasteiger partial charge in [-0.1, -0.05) is 17.3 Å². The first-order valence-corrected chi connectivity index (χ1v) is 5.55. The topological polar surface area (TPSA) is 80.0 Å². The zero-order valence-electron chi connectivity index (χ0n) is 10.2. The van der Waals surface area contributed by atoms with Crippen LogP contribution in [0, 0.1) is 6.92 Å². The van der Waals surface area contributed by atoms with Gasteiger partial charge in [0.1, 0.15) is 0 Å². The Balaban J connectivity index is 2.28. The maximum absolute atomic E-state index is 11.6. The van der Waals surface area contributed by atoms with Gasteiger partial charge >= 0.3 is 0 Å². The zero-order chi connectivity index (χ0) is 13.0. The first-order valence-electron chi connectivity index (χ1n) is 5.55. The predicted octanol–water partition coefficient (Wildman–Crippen LogP) is 1.20. The lowest BCUT2D eigenvalue weighted by molar-refractivity contribution is -0.115. The molecule has 0 spiro atoms. The van der Waals surface area contributed by atoms with Gasteiger partial charge in [0.15, 0.2) is 5.82 Å². The van der Waals surface area contributed by atoms with Crippen molar-refractivity contribution in [2.45, 2.75) is 6.92 Å². The number of nitrogens with one attached hydrogen (secondary N) is 2. The van der Waals surface area contributed by atoms with E-state index in [-0.39, 0.29) is 12.5 Å². The molecule has 0 fully saturated rings. The van der Waals surface area contributed by atoms with E-state index in [1.54, 1.807) is 20.0 Å². The molecule has 0 bridgehead atoms. The van der Waals surface area contributed by atoms with Gasteiger partial charge in [-0.2, -0.15) is 4.98 Å². The van der Waals surface area contributed by atoms with Crippen molar-refractivity contribution in [3.63, 3.8) is 0 Å². The average molecular weight is 246 g/mol. The van der Waals surface area contributed by atoms with E-state index in [0.717, 1.165) is 0 Å². The fourth-order valence-corrected chi connectivity index (χ4v) is 1.54. The van der Waals surface area contributed by atoms with Crippen molar-refractivity contribution >= 4 is 11.6 Å². The molecule has 1 heterocycles. The molecule has 1 aromatic carbocycles. The maximum Gasteiger partial charge on any atom is 0.260 e. The van der Waals surface area contributed by atoms with Crippen LogP contribution in [-0.2, 0) is 4.79 Å². The highest BCUT2D eigenvalue weighted by Gasteiger charge is 2.12. The molecule has 6 nitrogen and oxygen atoms in total. The summed E-state index contributed by atoms with van der Waals surface area (Å²) in [5.41, 5.74) is 1.36. The lowest BCUT2D eigenvalue weighted by atomic mass is 10.1. The van der Waals surface area contributed by atoms with Crippen LogP contribution in [0.5, 0.6) is 0 Å². The molecule has 2 aromatic rings. The SMILES string of the molecule is CNCC(=O)Nc1ccccc1-c1nc(C)no1. The monoisotopic (exact) mass is 246 g/mol. The van der Waals surface area contributed by atoms with Crippen molar-refractivity contribution in [1.29, 1.82) is 0 Å². The normalized spacial score (nSPS) is 10.3. The van der Waals surface area contributed by atoms with E-state index < -0.39 is 0 Å². The fraction of sp³-hybridized carbons (Fsp3) is 0.250. The number of aromatic nitrogens is 2. The summed E-state index contributed by atoms with van der Waals surface area (Å²) >= 11 is 0. The van der Waals surface area contributed by atoms with Crippen LogP contribution in [-0.4, -0.2) is 29.6 Å². The lowest BCUT2D eigenvalue weighted by Crippen LogP contribution is -2.25. The van der Waals surface area contributed by atoms with Gasteiger partial charge in [-0.05, 0) is 26.1 Å². The second kappa shape index (κ2) is 5.42. The second-order valence-electron chi connectivity index (χ2n) is 3.77. The molecule has 2 rings (SSSR count).